The number of ether oxygens (including phenoxy) is 1. The smallest absolute Gasteiger partial charge is 0.216 e. The van der Waals surface area contributed by atoms with Crippen LogP contribution in [0.2, 0.25) is 0 Å². The summed E-state index contributed by atoms with van der Waals surface area (Å²) in [5.74, 6) is 0.0573. The van der Waals surface area contributed by atoms with Crippen LogP contribution in [0, 0.1) is 5.95 Å². The molecule has 0 aliphatic rings. The van der Waals surface area contributed by atoms with Gasteiger partial charge in [0, 0.05) is 12.1 Å². The van der Waals surface area contributed by atoms with Crippen LogP contribution >= 0.6 is 11.6 Å². The molecule has 1 heterocycles. The van der Waals surface area contributed by atoms with Crippen molar-refractivity contribution in [3.63, 3.8) is 0 Å². The molecule has 11 heavy (non-hydrogen) atoms. The Morgan fingerprint density at radius 1 is 1.64 bits per heavy atom. The van der Waals surface area contributed by atoms with Crippen molar-refractivity contribution >= 4 is 11.6 Å². The van der Waals surface area contributed by atoms with Gasteiger partial charge in [-0.2, -0.15) is 4.39 Å². The van der Waals surface area contributed by atoms with E-state index in [1.54, 1.807) is 6.07 Å². The Kier molecular flexibility index (Phi) is 2.65. The third kappa shape index (κ3) is 2.05. The van der Waals surface area contributed by atoms with Gasteiger partial charge in [0.15, 0.2) is 0 Å². The highest BCUT2D eigenvalue weighted by molar-refractivity contribution is 6.16. The topological polar surface area (TPSA) is 22.1 Å². The van der Waals surface area contributed by atoms with Crippen molar-refractivity contribution in [2.24, 2.45) is 0 Å². The molecular weight excluding hydrogens is 169 g/mol. The van der Waals surface area contributed by atoms with Crippen molar-refractivity contribution in [2.45, 2.75) is 5.88 Å². The fourth-order valence-corrected chi connectivity index (χ4v) is 0.848. The third-order valence-corrected chi connectivity index (χ3v) is 1.47. The van der Waals surface area contributed by atoms with Gasteiger partial charge in [0.25, 0.3) is 0 Å². The largest absolute Gasteiger partial charge is 0.497 e. The van der Waals surface area contributed by atoms with Crippen molar-refractivity contribution in [3.05, 3.63) is 23.8 Å². The lowest BCUT2D eigenvalue weighted by Gasteiger charge is -2.00. The van der Waals surface area contributed by atoms with E-state index in [0.29, 0.717) is 11.4 Å². The van der Waals surface area contributed by atoms with E-state index in [2.05, 4.69) is 4.98 Å². The Bertz CT molecular complexity index is 232. The Morgan fingerprint density at radius 3 is 2.91 bits per heavy atom. The number of rotatable bonds is 2. The minimum absolute atomic E-state index is 0.189. The molecule has 2 nitrogen and oxygen atoms in total. The van der Waals surface area contributed by atoms with Gasteiger partial charge in [-0.1, -0.05) is 0 Å². The van der Waals surface area contributed by atoms with Crippen LogP contribution in [-0.2, 0) is 5.88 Å². The number of methoxy groups -OCH3 is 1. The summed E-state index contributed by atoms with van der Waals surface area (Å²) in [6, 6.07) is 2.80. The molecule has 0 fully saturated rings. The van der Waals surface area contributed by atoms with Gasteiger partial charge < -0.3 is 4.74 Å². The number of halogens is 2. The zero-order valence-corrected chi connectivity index (χ0v) is 6.73. The van der Waals surface area contributed by atoms with Crippen LogP contribution in [0.4, 0.5) is 4.39 Å². The molecule has 0 spiro atoms. The molecule has 0 aliphatic carbocycles. The number of pyridine rings is 1. The summed E-state index contributed by atoms with van der Waals surface area (Å²) in [7, 11) is 1.47. The Balaban J connectivity index is 3.02. The van der Waals surface area contributed by atoms with E-state index in [0.717, 1.165) is 0 Å². The molecular formula is C7H7ClFNO. The fraction of sp³-hybridized carbons (Fsp3) is 0.286. The lowest BCUT2D eigenvalue weighted by atomic mass is 10.3. The SMILES string of the molecule is COc1cc(F)nc(CCl)c1. The second-order valence-corrected chi connectivity index (χ2v) is 2.22. The normalized spacial score (nSPS) is 9.73. The molecule has 0 aliphatic heterocycles. The molecule has 0 bridgehead atoms. The summed E-state index contributed by atoms with van der Waals surface area (Å²) in [4.78, 5) is 3.52. The van der Waals surface area contributed by atoms with Gasteiger partial charge in [-0.3, -0.25) is 0 Å². The Labute approximate surface area is 69.0 Å². The summed E-state index contributed by atoms with van der Waals surface area (Å²) in [6.45, 7) is 0. The van der Waals surface area contributed by atoms with Crippen LogP contribution in [0.5, 0.6) is 5.75 Å². The Hall–Kier alpha value is -0.830. The molecule has 60 valence electrons. The summed E-state index contributed by atoms with van der Waals surface area (Å²) < 4.78 is 17.4. The van der Waals surface area contributed by atoms with Crippen LogP contribution in [0.1, 0.15) is 5.69 Å². The van der Waals surface area contributed by atoms with E-state index in [4.69, 9.17) is 16.3 Å². The van der Waals surface area contributed by atoms with E-state index in [9.17, 15) is 4.39 Å². The average molecular weight is 176 g/mol. The van der Waals surface area contributed by atoms with Gasteiger partial charge in [0.05, 0.1) is 18.7 Å². The van der Waals surface area contributed by atoms with Gasteiger partial charge in [0.2, 0.25) is 5.95 Å². The summed E-state index contributed by atoms with van der Waals surface area (Å²) in [5.41, 5.74) is 0.475. The molecule has 0 unspecified atom stereocenters. The predicted octanol–water partition coefficient (Wildman–Crippen LogP) is 1.97. The van der Waals surface area contributed by atoms with Crippen LogP contribution in [0.15, 0.2) is 12.1 Å². The third-order valence-electron chi connectivity index (χ3n) is 1.19. The first-order valence-corrected chi connectivity index (χ1v) is 3.56. The number of aromatic nitrogens is 1. The van der Waals surface area contributed by atoms with Gasteiger partial charge in [-0.15, -0.1) is 11.6 Å². The highest BCUT2D eigenvalue weighted by atomic mass is 35.5. The minimum atomic E-state index is -0.569. The molecule has 0 amide bonds. The lowest BCUT2D eigenvalue weighted by molar-refractivity contribution is 0.408. The van der Waals surface area contributed by atoms with Gasteiger partial charge in [-0.05, 0) is 0 Å². The highest BCUT2D eigenvalue weighted by Crippen LogP contribution is 2.13. The molecule has 0 saturated carbocycles. The Morgan fingerprint density at radius 2 is 2.36 bits per heavy atom. The van der Waals surface area contributed by atoms with E-state index in [1.807, 2.05) is 0 Å². The van der Waals surface area contributed by atoms with E-state index in [-0.39, 0.29) is 5.88 Å². The molecule has 0 radical (unpaired) electrons. The zero-order chi connectivity index (χ0) is 8.27. The zero-order valence-electron chi connectivity index (χ0n) is 5.97. The summed E-state index contributed by atoms with van der Waals surface area (Å²) in [6.07, 6.45) is 0. The van der Waals surface area contributed by atoms with Crippen LogP contribution in [0.25, 0.3) is 0 Å². The molecule has 4 heteroatoms. The molecule has 1 aromatic rings. The fourth-order valence-electron chi connectivity index (χ4n) is 0.711. The van der Waals surface area contributed by atoms with Gasteiger partial charge >= 0.3 is 0 Å². The number of hydrogen-bond acceptors (Lipinski definition) is 2. The standard InChI is InChI=1S/C7H7ClFNO/c1-11-6-2-5(4-8)10-7(9)3-6/h2-3H,4H2,1H3. The molecule has 1 aromatic heterocycles. The molecule has 0 saturated heterocycles. The maximum Gasteiger partial charge on any atom is 0.216 e. The monoisotopic (exact) mass is 175 g/mol. The predicted molar refractivity (Wildman–Crippen MR) is 40.3 cm³/mol. The highest BCUT2D eigenvalue weighted by Gasteiger charge is 2.00. The molecule has 0 atom stereocenters. The molecule has 0 aromatic carbocycles. The van der Waals surface area contributed by atoms with Crippen LogP contribution < -0.4 is 4.74 Å². The van der Waals surface area contributed by atoms with Crippen LogP contribution in [0.3, 0.4) is 0 Å². The van der Waals surface area contributed by atoms with Crippen molar-refractivity contribution in [3.8, 4) is 5.75 Å². The first-order valence-electron chi connectivity index (χ1n) is 3.02. The first kappa shape index (κ1) is 8.27. The minimum Gasteiger partial charge on any atom is -0.497 e. The lowest BCUT2D eigenvalue weighted by Crippen LogP contribution is -1.92. The van der Waals surface area contributed by atoms with Crippen LogP contribution in [-0.4, -0.2) is 12.1 Å². The van der Waals surface area contributed by atoms with E-state index < -0.39 is 5.95 Å². The van der Waals surface area contributed by atoms with Crippen molar-refractivity contribution in [1.82, 2.24) is 4.98 Å². The van der Waals surface area contributed by atoms with E-state index >= 15 is 0 Å². The average Bonchev–Trinajstić information content (AvgIpc) is 2.03. The van der Waals surface area contributed by atoms with Crippen molar-refractivity contribution < 1.29 is 9.13 Å². The number of nitrogens with zero attached hydrogens (tertiary/aromatic N) is 1. The second kappa shape index (κ2) is 3.53. The summed E-state index contributed by atoms with van der Waals surface area (Å²) in [5, 5.41) is 0. The first-order chi connectivity index (χ1) is 5.26. The van der Waals surface area contributed by atoms with Crippen molar-refractivity contribution in [2.75, 3.05) is 7.11 Å². The molecule has 1 rings (SSSR count). The van der Waals surface area contributed by atoms with Gasteiger partial charge in [-0.25, -0.2) is 4.98 Å². The number of alkyl halides is 1. The van der Waals surface area contributed by atoms with E-state index in [1.165, 1.54) is 13.2 Å². The maximum atomic E-state index is 12.6. The van der Waals surface area contributed by atoms with Crippen molar-refractivity contribution in [1.29, 1.82) is 0 Å². The van der Waals surface area contributed by atoms with Gasteiger partial charge in [0.1, 0.15) is 5.75 Å². The maximum absolute atomic E-state index is 12.6. The second-order valence-electron chi connectivity index (χ2n) is 1.95. The summed E-state index contributed by atoms with van der Waals surface area (Å²) >= 11 is 5.44. The number of hydrogen-bond donors (Lipinski definition) is 0. The molecule has 0 N–H and O–H groups in total. The quantitative estimate of drug-likeness (QED) is 0.507.